The molecule has 0 spiro atoms. The Hall–Kier alpha value is -1.60. The van der Waals surface area contributed by atoms with E-state index in [1.807, 2.05) is 0 Å². The highest BCUT2D eigenvalue weighted by Gasteiger charge is 2.18. The maximum absolute atomic E-state index is 11.9. The van der Waals surface area contributed by atoms with Crippen molar-refractivity contribution in [1.29, 1.82) is 0 Å². The van der Waals surface area contributed by atoms with Crippen molar-refractivity contribution in [3.05, 3.63) is 35.6 Å². The minimum Gasteiger partial charge on any atom is -0.262 e. The van der Waals surface area contributed by atoms with Gasteiger partial charge >= 0.3 is 0 Å². The maximum Gasteiger partial charge on any atom is 0.280 e. The monoisotopic (exact) mass is 272 g/mol. The van der Waals surface area contributed by atoms with E-state index in [0.29, 0.717) is 5.02 Å². The first-order valence-corrected chi connectivity index (χ1v) is 6.47. The summed E-state index contributed by atoms with van der Waals surface area (Å²) in [5, 5.41) is 4.25. The van der Waals surface area contributed by atoms with Crippen molar-refractivity contribution in [3.8, 4) is 0 Å². The van der Waals surface area contributed by atoms with Gasteiger partial charge in [-0.15, -0.1) is 0 Å². The van der Waals surface area contributed by atoms with Crippen LogP contribution in [0.4, 0.5) is 5.82 Å². The number of aromatic nitrogens is 3. The minimum atomic E-state index is -3.69. The molecule has 1 N–H and O–H groups in total. The third kappa shape index (κ3) is 2.56. The van der Waals surface area contributed by atoms with E-state index in [0.717, 1.165) is 0 Å². The van der Waals surface area contributed by atoms with Crippen LogP contribution in [-0.2, 0) is 17.1 Å². The first kappa shape index (κ1) is 11.9. The smallest absolute Gasteiger partial charge is 0.262 e. The number of sulfonamides is 1. The molecule has 0 radical (unpaired) electrons. The zero-order chi connectivity index (χ0) is 12.5. The van der Waals surface area contributed by atoms with Crippen molar-refractivity contribution in [1.82, 2.24) is 14.8 Å². The van der Waals surface area contributed by atoms with Crippen LogP contribution in [0.15, 0.2) is 35.6 Å². The van der Waals surface area contributed by atoms with Gasteiger partial charge in [0.15, 0.2) is 5.03 Å². The molecule has 0 atom stereocenters. The van der Waals surface area contributed by atoms with E-state index in [-0.39, 0.29) is 10.8 Å². The molecule has 2 aromatic heterocycles. The van der Waals surface area contributed by atoms with E-state index >= 15 is 0 Å². The molecule has 2 aromatic rings. The predicted molar refractivity (Wildman–Crippen MR) is 63.3 cm³/mol. The number of anilines is 1. The zero-order valence-electron chi connectivity index (χ0n) is 8.83. The van der Waals surface area contributed by atoms with E-state index in [4.69, 9.17) is 11.6 Å². The molecule has 2 rings (SSSR count). The molecule has 0 aliphatic carbocycles. The Bertz CT molecular complexity index is 638. The molecular formula is C9H9ClN4O2S. The summed E-state index contributed by atoms with van der Waals surface area (Å²) in [5.74, 6) is 0.165. The van der Waals surface area contributed by atoms with Crippen molar-refractivity contribution < 1.29 is 8.42 Å². The summed E-state index contributed by atoms with van der Waals surface area (Å²) >= 11 is 5.74. The molecular weight excluding hydrogens is 264 g/mol. The number of pyridine rings is 1. The quantitative estimate of drug-likeness (QED) is 0.913. The van der Waals surface area contributed by atoms with Crippen molar-refractivity contribution in [2.75, 3.05) is 4.72 Å². The van der Waals surface area contributed by atoms with Crippen molar-refractivity contribution >= 4 is 27.4 Å². The maximum atomic E-state index is 11.9. The molecule has 0 aliphatic heterocycles. The topological polar surface area (TPSA) is 76.9 Å². The largest absolute Gasteiger partial charge is 0.280 e. The second kappa shape index (κ2) is 4.34. The van der Waals surface area contributed by atoms with Gasteiger partial charge in [-0.3, -0.25) is 9.40 Å². The standard InChI is InChI=1S/C9H9ClN4O2S/c1-14-9(3-5-12-14)17(15,16)13-8-6-7(10)2-4-11-8/h2-6H,1H3,(H,11,13). The second-order valence-electron chi connectivity index (χ2n) is 3.26. The fourth-order valence-corrected chi connectivity index (χ4v) is 2.56. The number of nitrogens with one attached hydrogen (secondary N) is 1. The minimum absolute atomic E-state index is 0.0549. The summed E-state index contributed by atoms with van der Waals surface area (Å²) in [6.45, 7) is 0. The molecule has 6 nitrogen and oxygen atoms in total. The lowest BCUT2D eigenvalue weighted by atomic mass is 10.5. The van der Waals surface area contributed by atoms with Gasteiger partial charge in [-0.1, -0.05) is 11.6 Å². The van der Waals surface area contributed by atoms with Gasteiger partial charge in [0.2, 0.25) is 0 Å². The van der Waals surface area contributed by atoms with Crippen molar-refractivity contribution in [3.63, 3.8) is 0 Å². The van der Waals surface area contributed by atoms with Gasteiger partial charge in [0.25, 0.3) is 10.0 Å². The van der Waals surface area contributed by atoms with E-state index in [9.17, 15) is 8.42 Å². The molecule has 0 saturated carbocycles. The highest BCUT2D eigenvalue weighted by Crippen LogP contribution is 2.16. The van der Waals surface area contributed by atoms with Gasteiger partial charge in [-0.05, 0) is 12.1 Å². The summed E-state index contributed by atoms with van der Waals surface area (Å²) in [5.41, 5.74) is 0. The van der Waals surface area contributed by atoms with Crippen LogP contribution in [0.5, 0.6) is 0 Å². The third-order valence-electron chi connectivity index (χ3n) is 2.01. The zero-order valence-corrected chi connectivity index (χ0v) is 10.4. The van der Waals surface area contributed by atoms with Crippen molar-refractivity contribution in [2.24, 2.45) is 7.05 Å². The number of halogens is 1. The predicted octanol–water partition coefficient (Wildman–Crippen LogP) is 1.27. The lowest BCUT2D eigenvalue weighted by Crippen LogP contribution is -2.17. The Kier molecular flexibility index (Phi) is 3.03. The summed E-state index contributed by atoms with van der Waals surface area (Å²) in [4.78, 5) is 3.86. The number of aryl methyl sites for hydroxylation is 1. The summed E-state index contributed by atoms with van der Waals surface area (Å²) < 4.78 is 27.5. The molecule has 2 heterocycles. The average molecular weight is 273 g/mol. The fourth-order valence-electron chi connectivity index (χ4n) is 1.28. The molecule has 0 unspecified atom stereocenters. The Labute approximate surface area is 103 Å². The first-order chi connectivity index (χ1) is 7.99. The van der Waals surface area contributed by atoms with Gasteiger partial charge in [0, 0.05) is 24.3 Å². The normalized spacial score (nSPS) is 11.4. The molecule has 90 valence electrons. The average Bonchev–Trinajstić information content (AvgIpc) is 2.64. The Morgan fingerprint density at radius 2 is 2.12 bits per heavy atom. The summed E-state index contributed by atoms with van der Waals surface area (Å²) in [6.07, 6.45) is 2.82. The van der Waals surface area contributed by atoms with E-state index < -0.39 is 10.0 Å². The molecule has 17 heavy (non-hydrogen) atoms. The molecule has 0 aromatic carbocycles. The SMILES string of the molecule is Cn1nccc1S(=O)(=O)Nc1cc(Cl)ccn1. The van der Waals surface area contributed by atoms with Gasteiger partial charge in [0.1, 0.15) is 5.82 Å². The van der Waals surface area contributed by atoms with Crippen LogP contribution in [0.1, 0.15) is 0 Å². The molecule has 0 bridgehead atoms. The van der Waals surface area contributed by atoms with Gasteiger partial charge in [-0.25, -0.2) is 4.98 Å². The van der Waals surface area contributed by atoms with Crippen LogP contribution < -0.4 is 4.72 Å². The fraction of sp³-hybridized carbons (Fsp3) is 0.111. The second-order valence-corrected chi connectivity index (χ2v) is 5.32. The van der Waals surface area contributed by atoms with Gasteiger partial charge in [-0.2, -0.15) is 13.5 Å². The van der Waals surface area contributed by atoms with Gasteiger partial charge < -0.3 is 0 Å². The Balaban J connectivity index is 2.33. The molecule has 8 heteroatoms. The Morgan fingerprint density at radius 3 is 2.71 bits per heavy atom. The van der Waals surface area contributed by atoms with Crippen LogP contribution >= 0.6 is 11.6 Å². The van der Waals surface area contributed by atoms with E-state index in [1.165, 1.54) is 29.2 Å². The van der Waals surface area contributed by atoms with Crippen LogP contribution in [0, 0.1) is 0 Å². The van der Waals surface area contributed by atoms with Crippen LogP contribution in [0.3, 0.4) is 0 Å². The van der Waals surface area contributed by atoms with E-state index in [1.54, 1.807) is 13.1 Å². The first-order valence-electron chi connectivity index (χ1n) is 4.61. The number of nitrogens with zero attached hydrogens (tertiary/aromatic N) is 3. The van der Waals surface area contributed by atoms with Crippen molar-refractivity contribution in [2.45, 2.75) is 5.03 Å². The molecule has 0 amide bonds. The van der Waals surface area contributed by atoms with E-state index in [2.05, 4.69) is 14.8 Å². The summed E-state index contributed by atoms with van der Waals surface area (Å²) in [6, 6.07) is 4.38. The number of rotatable bonds is 3. The number of hydrogen-bond donors (Lipinski definition) is 1. The third-order valence-corrected chi connectivity index (χ3v) is 3.68. The highest BCUT2D eigenvalue weighted by atomic mass is 35.5. The lowest BCUT2D eigenvalue weighted by Gasteiger charge is -2.07. The Morgan fingerprint density at radius 1 is 1.35 bits per heavy atom. The van der Waals surface area contributed by atoms with Crippen LogP contribution in [0.2, 0.25) is 5.02 Å². The molecule has 0 saturated heterocycles. The molecule has 0 fully saturated rings. The summed E-state index contributed by atoms with van der Waals surface area (Å²) in [7, 11) is -2.15. The number of hydrogen-bond acceptors (Lipinski definition) is 4. The van der Waals surface area contributed by atoms with Crippen LogP contribution in [-0.4, -0.2) is 23.2 Å². The highest BCUT2D eigenvalue weighted by molar-refractivity contribution is 7.92. The lowest BCUT2D eigenvalue weighted by molar-refractivity contribution is 0.582. The van der Waals surface area contributed by atoms with Gasteiger partial charge in [0.05, 0.1) is 6.20 Å². The molecule has 0 aliphatic rings. The van der Waals surface area contributed by atoms with Crippen LogP contribution in [0.25, 0.3) is 0 Å².